The predicted molar refractivity (Wildman–Crippen MR) is 292 cm³/mol. The van der Waals surface area contributed by atoms with Crippen LogP contribution in [0.2, 0.25) is 0 Å². The highest BCUT2D eigenvalue weighted by Crippen LogP contribution is 2.46. The molecule has 382 valence electrons. The van der Waals surface area contributed by atoms with Crippen LogP contribution in [0.1, 0.15) is 124 Å². The number of allylic oxidation sites excluding steroid dienone is 1. The largest absolute Gasteiger partial charge is 0.465 e. The maximum absolute atomic E-state index is 14.1. The van der Waals surface area contributed by atoms with E-state index < -0.39 is 41.6 Å². The van der Waals surface area contributed by atoms with E-state index in [-0.39, 0.29) is 49.0 Å². The monoisotopic (exact) mass is 1040 g/mol. The van der Waals surface area contributed by atoms with Crippen molar-refractivity contribution >= 4 is 69.0 Å². The minimum absolute atomic E-state index is 0.0518. The summed E-state index contributed by atoms with van der Waals surface area (Å²) in [4.78, 5) is 76.7. The van der Waals surface area contributed by atoms with Gasteiger partial charge in [-0.1, -0.05) is 161 Å². The lowest BCUT2D eigenvalue weighted by atomic mass is 9.98. The summed E-state index contributed by atoms with van der Waals surface area (Å²) in [5.41, 5.74) is 8.36. The number of aromatic nitrogens is 1. The summed E-state index contributed by atoms with van der Waals surface area (Å²) < 4.78 is 17.7. The third-order valence-electron chi connectivity index (χ3n) is 13.4. The molecule has 0 saturated heterocycles. The zero-order valence-corrected chi connectivity index (χ0v) is 44.4. The number of nitrogens with one attached hydrogen (secondary N) is 2. The van der Waals surface area contributed by atoms with Crippen LogP contribution < -0.4 is 10.6 Å². The molecule has 0 saturated carbocycles. The molecule has 1 aliphatic heterocycles. The molecule has 3 aliphatic rings. The minimum atomic E-state index is -1.22. The third-order valence-corrected chi connectivity index (χ3v) is 16.5. The first-order valence-electron chi connectivity index (χ1n) is 25.4. The number of carbonyl (C=O) groups excluding carboxylic acids is 5. The van der Waals surface area contributed by atoms with Crippen molar-refractivity contribution in [1.29, 1.82) is 0 Å². The summed E-state index contributed by atoms with van der Waals surface area (Å²) in [5, 5.41) is 8.96. The highest BCUT2D eigenvalue weighted by Gasteiger charge is 2.42. The first kappa shape index (κ1) is 53.3. The van der Waals surface area contributed by atoms with Gasteiger partial charge in [-0.25, -0.2) is 14.6 Å². The molecule has 2 aliphatic carbocycles. The van der Waals surface area contributed by atoms with Crippen molar-refractivity contribution in [2.24, 2.45) is 10.9 Å². The van der Waals surface area contributed by atoms with Crippen LogP contribution in [0, 0.1) is 5.92 Å². The van der Waals surface area contributed by atoms with Crippen LogP contribution in [-0.4, -0.2) is 81.5 Å². The van der Waals surface area contributed by atoms with Crippen LogP contribution in [0.3, 0.4) is 0 Å². The Labute approximate surface area is 441 Å². The first-order chi connectivity index (χ1) is 35.4. The molecule has 73 heavy (non-hydrogen) atoms. The number of esters is 2. The molecule has 15 heteroatoms. The number of thioether (sulfide) groups is 2. The maximum Gasteiger partial charge on any atom is 0.407 e. The Morgan fingerprint density at radius 1 is 0.795 bits per heavy atom. The summed E-state index contributed by atoms with van der Waals surface area (Å²) in [7, 11) is 0. The fourth-order valence-corrected chi connectivity index (χ4v) is 12.2. The number of thiazole rings is 1. The van der Waals surface area contributed by atoms with Gasteiger partial charge in [0, 0.05) is 35.1 Å². The van der Waals surface area contributed by atoms with Crippen molar-refractivity contribution in [2.75, 3.05) is 24.7 Å². The smallest absolute Gasteiger partial charge is 0.407 e. The van der Waals surface area contributed by atoms with Crippen molar-refractivity contribution in [3.63, 3.8) is 0 Å². The van der Waals surface area contributed by atoms with Crippen molar-refractivity contribution in [3.8, 4) is 22.3 Å². The highest BCUT2D eigenvalue weighted by atomic mass is 32.2. The molecule has 2 N–H and O–H groups in total. The normalized spacial score (nSPS) is 16.5. The number of fused-ring (bicyclic) bond motifs is 6. The molecule has 2 amide bonds. The fourth-order valence-electron chi connectivity index (χ4n) is 9.47. The Morgan fingerprint density at radius 3 is 1.96 bits per heavy atom. The Morgan fingerprint density at radius 2 is 1.37 bits per heavy atom. The summed E-state index contributed by atoms with van der Waals surface area (Å²) in [6, 6.07) is 31.5. The number of ether oxygens (including phenoxy) is 3. The first-order valence-corrected chi connectivity index (χ1v) is 28.2. The Hall–Kier alpha value is -6.03. The van der Waals surface area contributed by atoms with E-state index in [2.05, 4.69) is 66.1 Å². The van der Waals surface area contributed by atoms with Gasteiger partial charge in [-0.3, -0.25) is 19.4 Å². The van der Waals surface area contributed by atoms with Crippen LogP contribution in [0.5, 0.6) is 0 Å². The summed E-state index contributed by atoms with van der Waals surface area (Å²) in [6.07, 6.45) is 8.22. The lowest BCUT2D eigenvalue weighted by Gasteiger charge is -2.27. The van der Waals surface area contributed by atoms with Crippen LogP contribution in [-0.2, 0) is 39.9 Å². The Bertz CT molecular complexity index is 2750. The molecule has 0 spiro atoms. The van der Waals surface area contributed by atoms with Gasteiger partial charge in [0.1, 0.15) is 46.6 Å². The zero-order chi connectivity index (χ0) is 51.3. The van der Waals surface area contributed by atoms with E-state index >= 15 is 0 Å². The van der Waals surface area contributed by atoms with Crippen molar-refractivity contribution in [3.05, 3.63) is 148 Å². The van der Waals surface area contributed by atoms with Crippen LogP contribution in [0.15, 0.2) is 120 Å². The third kappa shape index (κ3) is 13.4. The molecular weight excluding hydrogens is 977 g/mol. The summed E-state index contributed by atoms with van der Waals surface area (Å²) >= 11 is 4.05. The number of rotatable bonds is 24. The summed E-state index contributed by atoms with van der Waals surface area (Å²) in [6.45, 7) is 8.00. The number of aliphatic imine (C=N–C) groups is 1. The van der Waals surface area contributed by atoms with Crippen LogP contribution in [0.25, 0.3) is 22.3 Å². The lowest BCUT2D eigenvalue weighted by Crippen LogP contribution is -2.53. The van der Waals surface area contributed by atoms with Crippen LogP contribution in [0.4, 0.5) is 4.79 Å². The van der Waals surface area contributed by atoms with Gasteiger partial charge >= 0.3 is 18.0 Å². The van der Waals surface area contributed by atoms with Gasteiger partial charge in [0.2, 0.25) is 5.91 Å². The molecule has 2 heterocycles. The Balaban J connectivity index is 0.854. The molecular formula is C58H64N4O8S3. The molecule has 0 fully saturated rings. The van der Waals surface area contributed by atoms with Gasteiger partial charge in [-0.2, -0.15) is 0 Å². The van der Waals surface area contributed by atoms with E-state index in [0.29, 0.717) is 40.1 Å². The van der Waals surface area contributed by atoms with Crippen LogP contribution >= 0.6 is 34.9 Å². The van der Waals surface area contributed by atoms with E-state index in [1.54, 1.807) is 13.0 Å². The van der Waals surface area contributed by atoms with E-state index in [1.165, 1.54) is 41.3 Å². The zero-order valence-electron chi connectivity index (χ0n) is 41.9. The second kappa shape index (κ2) is 25.3. The number of hydrogen-bond acceptors (Lipinski definition) is 13. The Kier molecular flexibility index (Phi) is 18.4. The minimum Gasteiger partial charge on any atom is -0.465 e. The molecule has 3 atom stereocenters. The van der Waals surface area contributed by atoms with E-state index in [9.17, 15) is 24.0 Å². The topological polar surface area (TPSA) is 162 Å². The van der Waals surface area contributed by atoms with E-state index in [0.717, 1.165) is 70.2 Å². The van der Waals surface area contributed by atoms with Crippen molar-refractivity contribution in [2.45, 2.75) is 115 Å². The van der Waals surface area contributed by atoms with Gasteiger partial charge in [0.15, 0.2) is 5.12 Å². The molecule has 8 rings (SSSR count). The fraction of sp³-hybridized carbons (Fsp3) is 0.397. The molecule has 5 aromatic rings. The molecule has 0 bridgehead atoms. The quantitative estimate of drug-likeness (QED) is 0.0262. The number of unbranched alkanes of at least 4 members (excludes halogenated alkanes) is 4. The van der Waals surface area contributed by atoms with E-state index in [1.807, 2.05) is 73.8 Å². The molecule has 1 aromatic heterocycles. The number of carbonyl (C=O) groups is 5. The highest BCUT2D eigenvalue weighted by molar-refractivity contribution is 8.14. The lowest BCUT2D eigenvalue weighted by molar-refractivity contribution is -0.156. The van der Waals surface area contributed by atoms with Gasteiger partial charge in [0.25, 0.3) is 0 Å². The van der Waals surface area contributed by atoms with Gasteiger partial charge < -0.3 is 24.8 Å². The number of nitrogens with zero attached hydrogens (tertiary/aromatic N) is 2. The predicted octanol–water partition coefficient (Wildman–Crippen LogP) is 11.8. The number of alkyl carbamates (subject to hydrolysis) is 1. The average molecular weight is 1040 g/mol. The SMILES string of the molecule is CCCCCCCC(=O)SCC/C=C/[C@H](CC(=O)OCC1c2ccccc2-c2ccccc21)OC(=O)[C@H](NC(=O)[C@]1(C)CSC(c2csc(CNC(=O)OCC3c4ccccc4-c4ccccc43)n2)=N1)C(C)C. The number of benzene rings is 4. The average Bonchev–Trinajstić information content (AvgIpc) is 4.18. The number of amides is 2. The number of hydrogen-bond donors (Lipinski definition) is 2. The standard InChI is InChI=1S/C58H64N4O8S3/c1-5-6-7-8-9-29-52(64)71-30-19-18-20-38(31-51(63)68-33-47-43-25-14-10-21-39(43)40-22-11-15-26-44(40)47)70-55(65)53(37(2)3)61-56(66)58(4)36-73-54(62-58)49-35-72-50(60-49)32-59-57(67)69-34-48-45-27-16-12-23-41(45)42-24-13-17-28-46(42)48/h10-18,20-28,35,37-38,47-48,53H,5-9,19,29-34,36H2,1-4H3,(H,59,67)(H,61,66)/b20-18+/t38-,53-,58+/m1/s1. The van der Waals surface area contributed by atoms with Gasteiger partial charge in [0.05, 0.1) is 13.0 Å². The summed E-state index contributed by atoms with van der Waals surface area (Å²) in [5.74, 6) is -1.36. The van der Waals surface area contributed by atoms with Crippen molar-refractivity contribution in [1.82, 2.24) is 15.6 Å². The molecule has 4 aromatic carbocycles. The van der Waals surface area contributed by atoms with Gasteiger partial charge in [-0.05, 0) is 76.3 Å². The second-order valence-electron chi connectivity index (χ2n) is 19.2. The van der Waals surface area contributed by atoms with Crippen molar-refractivity contribution < 1.29 is 38.2 Å². The maximum atomic E-state index is 14.1. The molecule has 0 radical (unpaired) electrons. The second-order valence-corrected chi connectivity index (χ2v) is 22.2. The van der Waals surface area contributed by atoms with Gasteiger partial charge in [-0.15, -0.1) is 23.1 Å². The van der Waals surface area contributed by atoms with E-state index in [4.69, 9.17) is 24.2 Å². The molecule has 0 unspecified atom stereocenters. The molecule has 12 nitrogen and oxygen atoms in total.